The van der Waals surface area contributed by atoms with Crippen molar-refractivity contribution in [3.05, 3.63) is 34.5 Å². The molecule has 0 radical (unpaired) electrons. The number of hydrogen-bond acceptors (Lipinski definition) is 3. The van der Waals surface area contributed by atoms with Crippen LogP contribution < -0.4 is 5.32 Å². The third-order valence-electron chi connectivity index (χ3n) is 3.86. The Balaban J connectivity index is 1.56. The van der Waals surface area contributed by atoms with E-state index in [1.807, 2.05) is 18.2 Å². The molecule has 1 aromatic heterocycles. The molecule has 0 bridgehead atoms. The van der Waals surface area contributed by atoms with E-state index >= 15 is 0 Å². The maximum Gasteiger partial charge on any atom is 0.287 e. The lowest BCUT2D eigenvalue weighted by atomic mass is 10.1. The van der Waals surface area contributed by atoms with Crippen molar-refractivity contribution in [1.82, 2.24) is 10.2 Å². The van der Waals surface area contributed by atoms with Crippen molar-refractivity contribution in [2.45, 2.75) is 19.3 Å². The smallest absolute Gasteiger partial charge is 0.287 e. The third kappa shape index (κ3) is 3.66. The molecule has 1 aliphatic rings. The van der Waals surface area contributed by atoms with Crippen LogP contribution in [-0.4, -0.2) is 37.0 Å². The number of halogens is 1. The zero-order chi connectivity index (χ0) is 14.7. The van der Waals surface area contributed by atoms with Crippen LogP contribution in [0.15, 0.2) is 33.2 Å². The van der Waals surface area contributed by atoms with Crippen molar-refractivity contribution >= 4 is 32.8 Å². The number of nitrogens with zero attached hydrogens (tertiary/aromatic N) is 1. The van der Waals surface area contributed by atoms with E-state index in [1.54, 1.807) is 6.07 Å². The van der Waals surface area contributed by atoms with E-state index in [9.17, 15) is 4.79 Å². The molecule has 1 fully saturated rings. The van der Waals surface area contributed by atoms with Crippen molar-refractivity contribution in [2.75, 3.05) is 26.2 Å². The predicted molar refractivity (Wildman–Crippen MR) is 86.5 cm³/mol. The Morgan fingerprint density at radius 1 is 1.24 bits per heavy atom. The largest absolute Gasteiger partial charge is 0.451 e. The van der Waals surface area contributed by atoms with E-state index in [4.69, 9.17) is 4.42 Å². The number of hydrogen-bond donors (Lipinski definition) is 1. The topological polar surface area (TPSA) is 45.5 Å². The van der Waals surface area contributed by atoms with Crippen LogP contribution in [0.4, 0.5) is 0 Å². The average molecular weight is 351 g/mol. The van der Waals surface area contributed by atoms with E-state index < -0.39 is 0 Å². The van der Waals surface area contributed by atoms with E-state index in [2.05, 4.69) is 26.1 Å². The van der Waals surface area contributed by atoms with Gasteiger partial charge in [0, 0.05) is 22.9 Å². The highest BCUT2D eigenvalue weighted by atomic mass is 79.9. The summed E-state index contributed by atoms with van der Waals surface area (Å²) in [5.41, 5.74) is 0.736. The summed E-state index contributed by atoms with van der Waals surface area (Å²) in [6, 6.07) is 7.51. The van der Waals surface area contributed by atoms with Gasteiger partial charge in [-0.25, -0.2) is 0 Å². The molecule has 21 heavy (non-hydrogen) atoms. The minimum absolute atomic E-state index is 0.140. The summed E-state index contributed by atoms with van der Waals surface area (Å²) in [5, 5.41) is 3.87. The SMILES string of the molecule is O=C(NCCN1CCCCC1)c1cc2cc(Br)ccc2o1. The van der Waals surface area contributed by atoms with Gasteiger partial charge in [0.1, 0.15) is 5.58 Å². The van der Waals surface area contributed by atoms with E-state index in [-0.39, 0.29) is 5.91 Å². The van der Waals surface area contributed by atoms with Crippen molar-refractivity contribution in [3.63, 3.8) is 0 Å². The van der Waals surface area contributed by atoms with Crippen LogP contribution in [-0.2, 0) is 0 Å². The first kappa shape index (κ1) is 14.6. The molecule has 0 unspecified atom stereocenters. The number of likely N-dealkylation sites (tertiary alicyclic amines) is 1. The average Bonchev–Trinajstić information content (AvgIpc) is 2.91. The minimum atomic E-state index is -0.140. The molecule has 1 saturated heterocycles. The number of furan rings is 1. The third-order valence-corrected chi connectivity index (χ3v) is 4.36. The molecular weight excluding hydrogens is 332 g/mol. The fourth-order valence-corrected chi connectivity index (χ4v) is 3.10. The van der Waals surface area contributed by atoms with Crippen LogP contribution in [0.3, 0.4) is 0 Å². The highest BCUT2D eigenvalue weighted by Crippen LogP contribution is 2.23. The second-order valence-corrected chi connectivity index (χ2v) is 6.37. The molecule has 1 amide bonds. The first-order valence-corrected chi connectivity index (χ1v) is 8.21. The van der Waals surface area contributed by atoms with Gasteiger partial charge < -0.3 is 14.6 Å². The van der Waals surface area contributed by atoms with Crippen molar-refractivity contribution in [2.24, 2.45) is 0 Å². The quantitative estimate of drug-likeness (QED) is 0.918. The normalized spacial score (nSPS) is 16.2. The predicted octanol–water partition coefficient (Wildman–Crippen LogP) is 3.41. The van der Waals surface area contributed by atoms with Gasteiger partial charge in [0.2, 0.25) is 0 Å². The summed E-state index contributed by atoms with van der Waals surface area (Å²) in [4.78, 5) is 14.5. The number of nitrogens with one attached hydrogen (secondary N) is 1. The second kappa shape index (κ2) is 6.62. The van der Waals surface area contributed by atoms with Crippen LogP contribution in [0, 0.1) is 0 Å². The van der Waals surface area contributed by atoms with E-state index in [0.717, 1.165) is 35.1 Å². The molecule has 0 aliphatic carbocycles. The van der Waals surface area contributed by atoms with Crippen LogP contribution in [0.25, 0.3) is 11.0 Å². The number of fused-ring (bicyclic) bond motifs is 1. The summed E-state index contributed by atoms with van der Waals surface area (Å²) < 4.78 is 6.56. The molecule has 1 aromatic carbocycles. The zero-order valence-electron chi connectivity index (χ0n) is 11.9. The molecule has 1 aliphatic heterocycles. The summed E-state index contributed by atoms with van der Waals surface area (Å²) >= 11 is 3.42. The molecule has 0 spiro atoms. The van der Waals surface area contributed by atoms with Crippen LogP contribution >= 0.6 is 15.9 Å². The summed E-state index contributed by atoms with van der Waals surface area (Å²) in [5.74, 6) is 0.237. The lowest BCUT2D eigenvalue weighted by Gasteiger charge is -2.26. The van der Waals surface area contributed by atoms with Crippen LogP contribution in [0.2, 0.25) is 0 Å². The molecular formula is C16H19BrN2O2. The lowest BCUT2D eigenvalue weighted by Crippen LogP contribution is -2.37. The van der Waals surface area contributed by atoms with Gasteiger partial charge in [-0.2, -0.15) is 0 Å². The van der Waals surface area contributed by atoms with Gasteiger partial charge in [-0.15, -0.1) is 0 Å². The molecule has 0 saturated carbocycles. The van der Waals surface area contributed by atoms with E-state index in [1.165, 1.54) is 19.3 Å². The number of piperidine rings is 1. The molecule has 2 heterocycles. The Kier molecular flexibility index (Phi) is 4.60. The maximum atomic E-state index is 12.1. The minimum Gasteiger partial charge on any atom is -0.451 e. The Morgan fingerprint density at radius 3 is 2.86 bits per heavy atom. The molecule has 5 heteroatoms. The molecule has 0 atom stereocenters. The number of rotatable bonds is 4. The zero-order valence-corrected chi connectivity index (χ0v) is 13.5. The van der Waals surface area contributed by atoms with Gasteiger partial charge >= 0.3 is 0 Å². The first-order valence-electron chi connectivity index (χ1n) is 7.42. The summed E-state index contributed by atoms with van der Waals surface area (Å²) in [7, 11) is 0. The molecule has 4 nitrogen and oxygen atoms in total. The van der Waals surface area contributed by atoms with Gasteiger partial charge in [0.15, 0.2) is 5.76 Å². The van der Waals surface area contributed by atoms with Gasteiger partial charge in [-0.05, 0) is 50.2 Å². The fraction of sp³-hybridized carbons (Fsp3) is 0.438. The number of carbonyl (C=O) groups excluding carboxylic acids is 1. The highest BCUT2D eigenvalue weighted by molar-refractivity contribution is 9.10. The van der Waals surface area contributed by atoms with E-state index in [0.29, 0.717) is 12.3 Å². The van der Waals surface area contributed by atoms with Gasteiger partial charge in [0.05, 0.1) is 0 Å². The first-order chi connectivity index (χ1) is 10.2. The van der Waals surface area contributed by atoms with Crippen molar-refractivity contribution < 1.29 is 9.21 Å². The van der Waals surface area contributed by atoms with Gasteiger partial charge in [-0.1, -0.05) is 22.4 Å². The Bertz CT molecular complexity index is 632. The van der Waals surface area contributed by atoms with Gasteiger partial charge in [-0.3, -0.25) is 4.79 Å². The second-order valence-electron chi connectivity index (χ2n) is 5.45. The molecule has 1 N–H and O–H groups in total. The monoisotopic (exact) mass is 350 g/mol. The van der Waals surface area contributed by atoms with Crippen molar-refractivity contribution in [3.8, 4) is 0 Å². The number of benzene rings is 1. The van der Waals surface area contributed by atoms with Crippen LogP contribution in [0.5, 0.6) is 0 Å². The number of amides is 1. The Labute approximate surface area is 132 Å². The Hall–Kier alpha value is -1.33. The highest BCUT2D eigenvalue weighted by Gasteiger charge is 2.13. The number of carbonyl (C=O) groups is 1. The van der Waals surface area contributed by atoms with Crippen LogP contribution in [0.1, 0.15) is 29.8 Å². The fourth-order valence-electron chi connectivity index (χ4n) is 2.72. The summed E-state index contributed by atoms with van der Waals surface area (Å²) in [6.07, 6.45) is 3.87. The van der Waals surface area contributed by atoms with Crippen molar-refractivity contribution in [1.29, 1.82) is 0 Å². The van der Waals surface area contributed by atoms with Gasteiger partial charge in [0.25, 0.3) is 5.91 Å². The lowest BCUT2D eigenvalue weighted by molar-refractivity contribution is 0.0921. The molecule has 112 valence electrons. The maximum absolute atomic E-state index is 12.1. The molecule has 2 aromatic rings. The summed E-state index contributed by atoms with van der Waals surface area (Å²) in [6.45, 7) is 3.88. The molecule has 3 rings (SSSR count). The standard InChI is InChI=1S/C16H19BrN2O2/c17-13-4-5-14-12(10-13)11-15(21-14)16(20)18-6-9-19-7-2-1-3-8-19/h4-5,10-11H,1-3,6-9H2,(H,18,20). The Morgan fingerprint density at radius 2 is 2.05 bits per heavy atom.